The molecule has 0 aliphatic carbocycles. The van der Waals surface area contributed by atoms with Gasteiger partial charge in [0.25, 0.3) is 0 Å². The first-order valence-corrected chi connectivity index (χ1v) is 11.4. The summed E-state index contributed by atoms with van der Waals surface area (Å²) in [6.45, 7) is 1.75. The summed E-state index contributed by atoms with van der Waals surface area (Å²) in [4.78, 5) is 7.86. The Balaban J connectivity index is 1.33. The number of aryl methyl sites for hydroxylation is 1. The predicted molar refractivity (Wildman–Crippen MR) is 133 cm³/mol. The average molecular weight is 457 g/mol. The number of nitrogens with zero attached hydrogens (tertiary/aromatic N) is 2. The van der Waals surface area contributed by atoms with Gasteiger partial charge in [0.2, 0.25) is 0 Å². The lowest BCUT2D eigenvalue weighted by Gasteiger charge is -2.14. The van der Waals surface area contributed by atoms with Gasteiger partial charge in [-0.1, -0.05) is 11.6 Å². The fraction of sp³-hybridized carbons (Fsp3) is 0.148. The summed E-state index contributed by atoms with van der Waals surface area (Å²) in [7, 11) is 1.68. The quantitative estimate of drug-likeness (QED) is 0.205. The maximum absolute atomic E-state index is 6.23. The number of aromatic nitrogens is 3. The van der Waals surface area contributed by atoms with E-state index >= 15 is 0 Å². The van der Waals surface area contributed by atoms with Gasteiger partial charge in [-0.15, -0.1) is 0 Å². The molecule has 6 heteroatoms. The molecule has 2 aromatic carbocycles. The lowest BCUT2D eigenvalue weighted by molar-refractivity contribution is -0.696. The van der Waals surface area contributed by atoms with Crippen LogP contribution in [0.15, 0.2) is 85.5 Å². The van der Waals surface area contributed by atoms with Crippen molar-refractivity contribution in [2.75, 3.05) is 19.0 Å². The summed E-state index contributed by atoms with van der Waals surface area (Å²) in [6.07, 6.45) is 9.13. The fourth-order valence-corrected chi connectivity index (χ4v) is 4.23. The van der Waals surface area contributed by atoms with Crippen molar-refractivity contribution < 1.29 is 14.3 Å². The number of benzene rings is 2. The van der Waals surface area contributed by atoms with E-state index in [9.17, 15) is 0 Å². The number of nitrogens with one attached hydrogen (secondary N) is 2. The molecule has 0 radical (unpaired) electrons. The molecule has 164 valence electrons. The number of hydrogen-bond acceptors (Lipinski definition) is 3. The van der Waals surface area contributed by atoms with E-state index in [0.29, 0.717) is 5.02 Å². The number of rotatable bonds is 7. The van der Waals surface area contributed by atoms with Crippen molar-refractivity contribution in [1.29, 1.82) is 0 Å². The Bertz CT molecular complexity index is 1410. The number of H-pyrrole nitrogens is 1. The molecule has 0 bridgehead atoms. The smallest absolute Gasteiger partial charge is 0.169 e. The van der Waals surface area contributed by atoms with Gasteiger partial charge in [-0.3, -0.25) is 0 Å². The summed E-state index contributed by atoms with van der Waals surface area (Å²) in [5.41, 5.74) is 5.27. The standard InChI is InChI=1S/C27H24ClN4O/c1-33-22-4-6-25-24(18-22)27(23-5-3-21(28)17-26(23)31-25)30-11-2-14-32-15-9-20(10-16-32)19-7-12-29-13-8-19/h3-10,12-13,15-18H,2,11,14H2,1H3,(H,30,31)/q+1/p+1. The predicted octanol–water partition coefficient (Wildman–Crippen LogP) is 5.32. The van der Waals surface area contributed by atoms with Crippen LogP contribution in [-0.4, -0.2) is 18.6 Å². The Kier molecular flexibility index (Phi) is 6.05. The Labute approximate surface area is 197 Å². The number of hydrogen-bond donors (Lipinski definition) is 1. The molecule has 3 heterocycles. The number of fused-ring (bicyclic) bond motifs is 2. The van der Waals surface area contributed by atoms with Gasteiger partial charge in [0.15, 0.2) is 24.8 Å². The third-order valence-corrected chi connectivity index (χ3v) is 6.02. The van der Waals surface area contributed by atoms with Gasteiger partial charge in [-0.05, 0) is 47.5 Å². The van der Waals surface area contributed by atoms with Gasteiger partial charge < -0.3 is 10.1 Å². The van der Waals surface area contributed by atoms with E-state index in [4.69, 9.17) is 21.3 Å². The van der Waals surface area contributed by atoms with Crippen LogP contribution in [0.25, 0.3) is 32.9 Å². The second-order valence-corrected chi connectivity index (χ2v) is 8.36. The Morgan fingerprint density at radius 2 is 1.70 bits per heavy atom. The molecular formula is C27H25ClN4O+2. The van der Waals surface area contributed by atoms with E-state index in [2.05, 4.69) is 51.5 Å². The number of aromatic amines is 1. The molecule has 0 atom stereocenters. The first-order chi connectivity index (χ1) is 16.2. The zero-order valence-electron chi connectivity index (χ0n) is 18.4. The Morgan fingerprint density at radius 3 is 2.48 bits per heavy atom. The molecule has 33 heavy (non-hydrogen) atoms. The molecule has 5 rings (SSSR count). The molecular weight excluding hydrogens is 432 g/mol. The van der Waals surface area contributed by atoms with Gasteiger partial charge in [0.1, 0.15) is 12.3 Å². The van der Waals surface area contributed by atoms with E-state index < -0.39 is 0 Å². The van der Waals surface area contributed by atoms with Gasteiger partial charge in [-0.25, -0.2) is 14.5 Å². The second kappa shape index (κ2) is 9.43. The molecule has 0 unspecified atom stereocenters. The normalized spacial score (nSPS) is 11.1. The highest BCUT2D eigenvalue weighted by atomic mass is 35.5. The molecule has 2 N–H and O–H groups in total. The van der Waals surface area contributed by atoms with Crippen molar-refractivity contribution in [2.24, 2.45) is 0 Å². The topological polar surface area (TPSA) is 52.2 Å². The number of methoxy groups -OCH3 is 1. The van der Waals surface area contributed by atoms with Crippen LogP contribution in [0.1, 0.15) is 6.42 Å². The lowest BCUT2D eigenvalue weighted by Crippen LogP contribution is -2.33. The zero-order valence-corrected chi connectivity index (χ0v) is 19.1. The largest absolute Gasteiger partial charge is 0.497 e. The van der Waals surface area contributed by atoms with Crippen molar-refractivity contribution in [2.45, 2.75) is 13.0 Å². The van der Waals surface area contributed by atoms with Crippen LogP contribution in [0.5, 0.6) is 5.75 Å². The summed E-state index contributed by atoms with van der Waals surface area (Å²) < 4.78 is 7.67. The molecule has 0 saturated heterocycles. The molecule has 0 aliphatic heterocycles. The van der Waals surface area contributed by atoms with E-state index in [0.717, 1.165) is 52.8 Å². The fourth-order valence-electron chi connectivity index (χ4n) is 4.07. The maximum Gasteiger partial charge on any atom is 0.169 e. The highest BCUT2D eigenvalue weighted by Gasteiger charge is 2.11. The monoisotopic (exact) mass is 456 g/mol. The van der Waals surface area contributed by atoms with Gasteiger partial charge in [0.05, 0.1) is 23.8 Å². The molecule has 5 nitrogen and oxygen atoms in total. The highest BCUT2D eigenvalue weighted by molar-refractivity contribution is 6.31. The average Bonchev–Trinajstić information content (AvgIpc) is 2.86. The minimum Gasteiger partial charge on any atom is -0.497 e. The third-order valence-electron chi connectivity index (χ3n) is 5.78. The van der Waals surface area contributed by atoms with Gasteiger partial charge >= 0.3 is 0 Å². The Hall–Kier alpha value is -3.70. The van der Waals surface area contributed by atoms with Crippen molar-refractivity contribution in [1.82, 2.24) is 4.98 Å². The number of pyridine rings is 3. The molecule has 0 spiro atoms. The van der Waals surface area contributed by atoms with E-state index in [-0.39, 0.29) is 0 Å². The van der Waals surface area contributed by atoms with Crippen LogP contribution in [-0.2, 0) is 6.54 Å². The number of halogens is 1. The lowest BCUT2D eigenvalue weighted by atomic mass is 10.1. The van der Waals surface area contributed by atoms with E-state index in [1.807, 2.05) is 48.8 Å². The summed E-state index contributed by atoms with van der Waals surface area (Å²) >= 11 is 6.23. The summed E-state index contributed by atoms with van der Waals surface area (Å²) in [5.74, 6) is 0.813. The van der Waals surface area contributed by atoms with Crippen LogP contribution >= 0.6 is 11.6 Å². The van der Waals surface area contributed by atoms with Crippen molar-refractivity contribution >= 4 is 39.1 Å². The third kappa shape index (κ3) is 4.59. The second-order valence-electron chi connectivity index (χ2n) is 7.93. The van der Waals surface area contributed by atoms with Crippen molar-refractivity contribution in [3.05, 3.63) is 90.5 Å². The SMILES string of the molecule is COc1ccc2nc3cc(Cl)ccc3c(NCCC[n+]3ccc(-c4cc[nH+]cc4)cc3)c2c1. The molecule has 0 saturated carbocycles. The van der Waals surface area contributed by atoms with Crippen LogP contribution in [0.2, 0.25) is 5.02 Å². The van der Waals surface area contributed by atoms with Gasteiger partial charge in [0, 0.05) is 53.0 Å². The molecule has 5 aromatic rings. The molecule has 0 aliphatic rings. The first-order valence-electron chi connectivity index (χ1n) is 11.0. The first kappa shape index (κ1) is 21.2. The van der Waals surface area contributed by atoms with Crippen LogP contribution in [0, 0.1) is 0 Å². The molecule has 0 fully saturated rings. The minimum atomic E-state index is 0.683. The van der Waals surface area contributed by atoms with E-state index in [1.54, 1.807) is 7.11 Å². The molecule has 0 amide bonds. The van der Waals surface area contributed by atoms with Gasteiger partial charge in [-0.2, -0.15) is 0 Å². The number of anilines is 1. The highest BCUT2D eigenvalue weighted by Crippen LogP contribution is 2.34. The van der Waals surface area contributed by atoms with Crippen LogP contribution in [0.3, 0.4) is 0 Å². The zero-order chi connectivity index (χ0) is 22.6. The number of ether oxygens (including phenoxy) is 1. The Morgan fingerprint density at radius 1 is 0.909 bits per heavy atom. The van der Waals surface area contributed by atoms with E-state index in [1.165, 1.54) is 11.1 Å². The van der Waals surface area contributed by atoms with Crippen molar-refractivity contribution in [3.63, 3.8) is 0 Å². The van der Waals surface area contributed by atoms with Crippen molar-refractivity contribution in [3.8, 4) is 16.9 Å². The minimum absolute atomic E-state index is 0.683. The molecule has 3 aromatic heterocycles. The summed E-state index contributed by atoms with van der Waals surface area (Å²) in [6, 6.07) is 20.3. The van der Waals surface area contributed by atoms with Crippen LogP contribution < -0.4 is 19.6 Å². The van der Waals surface area contributed by atoms with Crippen LogP contribution in [0.4, 0.5) is 5.69 Å². The summed E-state index contributed by atoms with van der Waals surface area (Å²) in [5, 5.41) is 6.43. The maximum atomic E-state index is 6.23.